The molecule has 1 fully saturated rings. The Morgan fingerprint density at radius 3 is 2.37 bits per heavy atom. The summed E-state index contributed by atoms with van der Waals surface area (Å²) in [5, 5.41) is 27.3. The summed E-state index contributed by atoms with van der Waals surface area (Å²) in [7, 11) is 2.09. The number of nitrogens with zero attached hydrogens (tertiary/aromatic N) is 5. The predicted octanol–water partition coefficient (Wildman–Crippen LogP) is 3.78. The second-order valence-corrected chi connectivity index (χ2v) is 9.49. The summed E-state index contributed by atoms with van der Waals surface area (Å²) in [6.45, 7) is 9.00. The molecule has 1 aliphatic rings. The van der Waals surface area contributed by atoms with Gasteiger partial charge in [0.25, 0.3) is 0 Å². The first-order valence-corrected chi connectivity index (χ1v) is 10.3. The number of rotatable bonds is 4. The Morgan fingerprint density at radius 2 is 1.80 bits per heavy atom. The van der Waals surface area contributed by atoms with E-state index in [9.17, 15) is 5.11 Å². The van der Waals surface area contributed by atoms with Crippen LogP contribution in [-0.4, -0.2) is 49.3 Å². The number of aromatic nitrogens is 4. The fourth-order valence-corrected chi connectivity index (χ4v) is 4.69. The van der Waals surface area contributed by atoms with E-state index in [1.54, 1.807) is 16.9 Å². The zero-order chi connectivity index (χ0) is 21.5. The summed E-state index contributed by atoms with van der Waals surface area (Å²) < 4.78 is 1.70. The van der Waals surface area contributed by atoms with Gasteiger partial charge in [-0.25, -0.2) is 4.68 Å². The van der Waals surface area contributed by atoms with E-state index in [1.165, 1.54) is 0 Å². The van der Waals surface area contributed by atoms with Gasteiger partial charge in [0.2, 0.25) is 0 Å². The summed E-state index contributed by atoms with van der Waals surface area (Å²) in [5.41, 5.74) is 2.22. The third-order valence-electron chi connectivity index (χ3n) is 5.75. The molecule has 1 aromatic carbocycles. The van der Waals surface area contributed by atoms with Crippen LogP contribution in [0, 0.1) is 0 Å². The lowest BCUT2D eigenvalue weighted by Crippen LogP contribution is -2.62. The van der Waals surface area contributed by atoms with Crippen molar-refractivity contribution in [2.45, 2.75) is 57.7 Å². The minimum Gasteiger partial charge on any atom is -0.507 e. The van der Waals surface area contributed by atoms with Crippen molar-refractivity contribution in [3.8, 4) is 22.7 Å². The summed E-state index contributed by atoms with van der Waals surface area (Å²) in [6, 6.07) is 11.5. The molecule has 0 atom stereocenters. The van der Waals surface area contributed by atoms with Gasteiger partial charge in [0.15, 0.2) is 5.82 Å². The molecule has 0 aliphatic carbocycles. The summed E-state index contributed by atoms with van der Waals surface area (Å²) in [4.78, 5) is 2.22. The van der Waals surface area contributed by atoms with Gasteiger partial charge in [0.1, 0.15) is 5.75 Å². The molecule has 3 heterocycles. The van der Waals surface area contributed by atoms with E-state index in [4.69, 9.17) is 0 Å². The number of piperidine rings is 1. The smallest absolute Gasteiger partial charge is 0.151 e. The molecule has 0 radical (unpaired) electrons. The molecule has 0 bridgehead atoms. The Labute approximate surface area is 177 Å². The molecular formula is C23H30N6O. The molecule has 4 rings (SSSR count). The summed E-state index contributed by atoms with van der Waals surface area (Å²) in [6.07, 6.45) is 5.61. The molecule has 0 amide bonds. The van der Waals surface area contributed by atoms with E-state index in [0.29, 0.717) is 17.3 Å². The van der Waals surface area contributed by atoms with Gasteiger partial charge in [0, 0.05) is 48.2 Å². The van der Waals surface area contributed by atoms with Crippen molar-refractivity contribution in [2.24, 2.45) is 0 Å². The second-order valence-electron chi connectivity index (χ2n) is 9.49. The van der Waals surface area contributed by atoms with Crippen LogP contribution in [0.1, 0.15) is 40.5 Å². The number of phenols is 1. The van der Waals surface area contributed by atoms with Crippen LogP contribution in [-0.2, 0) is 0 Å². The average Bonchev–Trinajstić information content (AvgIpc) is 3.20. The highest BCUT2D eigenvalue weighted by molar-refractivity contribution is 5.69. The van der Waals surface area contributed by atoms with Gasteiger partial charge in [-0.05, 0) is 70.9 Å². The molecule has 0 saturated carbocycles. The van der Waals surface area contributed by atoms with Crippen molar-refractivity contribution in [3.63, 3.8) is 0 Å². The van der Waals surface area contributed by atoms with Gasteiger partial charge in [-0.15, -0.1) is 10.2 Å². The fraction of sp³-hybridized carbons (Fsp3) is 0.435. The second kappa shape index (κ2) is 7.40. The maximum atomic E-state index is 10.5. The van der Waals surface area contributed by atoms with Gasteiger partial charge >= 0.3 is 0 Å². The van der Waals surface area contributed by atoms with Crippen LogP contribution in [0.5, 0.6) is 5.75 Å². The van der Waals surface area contributed by atoms with Crippen LogP contribution in [0.15, 0.2) is 48.8 Å². The van der Waals surface area contributed by atoms with E-state index < -0.39 is 0 Å². The summed E-state index contributed by atoms with van der Waals surface area (Å²) in [5.74, 6) is 0.991. The summed E-state index contributed by atoms with van der Waals surface area (Å²) >= 11 is 0. The Bertz CT molecular complexity index is 995. The Morgan fingerprint density at radius 1 is 1.07 bits per heavy atom. The van der Waals surface area contributed by atoms with Crippen LogP contribution in [0.2, 0.25) is 0 Å². The van der Waals surface area contributed by atoms with Crippen LogP contribution >= 0.6 is 0 Å². The van der Waals surface area contributed by atoms with Crippen LogP contribution in [0.25, 0.3) is 16.9 Å². The highest BCUT2D eigenvalue weighted by Gasteiger charge is 2.39. The van der Waals surface area contributed by atoms with Gasteiger partial charge in [-0.3, -0.25) is 0 Å². The molecular weight excluding hydrogens is 376 g/mol. The molecule has 30 heavy (non-hydrogen) atoms. The maximum Gasteiger partial charge on any atom is 0.151 e. The minimum absolute atomic E-state index is 0.0656. The minimum atomic E-state index is 0.0656. The molecule has 0 spiro atoms. The normalized spacial score (nSPS) is 18.3. The van der Waals surface area contributed by atoms with Crippen LogP contribution in [0.3, 0.4) is 0 Å². The monoisotopic (exact) mass is 406 g/mol. The first-order chi connectivity index (χ1) is 14.1. The largest absolute Gasteiger partial charge is 0.507 e. The van der Waals surface area contributed by atoms with Crippen molar-refractivity contribution >= 4 is 5.82 Å². The van der Waals surface area contributed by atoms with Crippen molar-refractivity contribution in [1.82, 2.24) is 25.3 Å². The number of hydrogen-bond acceptors (Lipinski definition) is 6. The lowest BCUT2D eigenvalue weighted by atomic mass is 9.79. The molecule has 7 nitrogen and oxygen atoms in total. The highest BCUT2D eigenvalue weighted by Crippen LogP contribution is 2.34. The maximum absolute atomic E-state index is 10.5. The number of anilines is 1. The average molecular weight is 407 g/mol. The lowest BCUT2D eigenvalue weighted by Gasteiger charge is -2.49. The molecule has 158 valence electrons. The van der Waals surface area contributed by atoms with E-state index in [2.05, 4.69) is 60.3 Å². The Balaban J connectivity index is 1.54. The molecule has 2 aromatic heterocycles. The van der Waals surface area contributed by atoms with Crippen LogP contribution < -0.4 is 10.2 Å². The van der Waals surface area contributed by atoms with E-state index in [1.807, 2.05) is 36.5 Å². The molecule has 3 aromatic rings. The van der Waals surface area contributed by atoms with E-state index in [0.717, 1.165) is 24.3 Å². The van der Waals surface area contributed by atoms with E-state index >= 15 is 0 Å². The zero-order valence-corrected chi connectivity index (χ0v) is 18.3. The van der Waals surface area contributed by atoms with E-state index in [-0.39, 0.29) is 16.8 Å². The van der Waals surface area contributed by atoms with Gasteiger partial charge in [-0.1, -0.05) is 0 Å². The van der Waals surface area contributed by atoms with Crippen molar-refractivity contribution < 1.29 is 5.11 Å². The molecule has 1 saturated heterocycles. The number of nitrogens with one attached hydrogen (secondary N) is 1. The molecule has 1 aliphatic heterocycles. The highest BCUT2D eigenvalue weighted by atomic mass is 16.3. The zero-order valence-electron chi connectivity index (χ0n) is 18.3. The number of phenolic OH excluding ortho intramolecular Hbond substituents is 1. The Kier molecular flexibility index (Phi) is 5.02. The quantitative estimate of drug-likeness (QED) is 0.686. The number of benzene rings is 1. The van der Waals surface area contributed by atoms with Crippen molar-refractivity contribution in [3.05, 3.63) is 48.8 Å². The molecule has 0 unspecified atom stereocenters. The third-order valence-corrected chi connectivity index (χ3v) is 5.75. The van der Waals surface area contributed by atoms with Crippen molar-refractivity contribution in [2.75, 3.05) is 11.9 Å². The molecule has 7 heteroatoms. The Hall–Kier alpha value is -2.93. The first kappa shape index (κ1) is 20.3. The lowest BCUT2D eigenvalue weighted by molar-refractivity contribution is 0.160. The first-order valence-electron chi connectivity index (χ1n) is 10.3. The standard InChI is InChI=1S/C23H30N6O/c1-22(2)14-17(15-23(3,4)27-22)28(5)21-10-9-19(25-26-21)18-8-7-16(13-20(18)30)29-12-6-11-24-29/h6-13,17,27,30H,14-15H2,1-5H3. The third kappa shape index (κ3) is 4.16. The SMILES string of the molecule is CN(c1ccc(-c2ccc(-n3cccn3)cc2O)nn1)C1CC(C)(C)NC(C)(C)C1. The van der Waals surface area contributed by atoms with Gasteiger partial charge in [-0.2, -0.15) is 5.10 Å². The van der Waals surface area contributed by atoms with Crippen molar-refractivity contribution in [1.29, 1.82) is 0 Å². The topological polar surface area (TPSA) is 79.1 Å². The van der Waals surface area contributed by atoms with Gasteiger partial charge < -0.3 is 15.3 Å². The fourth-order valence-electron chi connectivity index (χ4n) is 4.69. The predicted molar refractivity (Wildman–Crippen MR) is 119 cm³/mol. The molecule has 2 N–H and O–H groups in total. The number of hydrogen-bond donors (Lipinski definition) is 2. The van der Waals surface area contributed by atoms with Crippen LogP contribution in [0.4, 0.5) is 5.82 Å². The van der Waals surface area contributed by atoms with Gasteiger partial charge in [0.05, 0.1) is 11.4 Å². The number of aromatic hydroxyl groups is 1.